The van der Waals surface area contributed by atoms with Gasteiger partial charge in [0.05, 0.1) is 13.7 Å². The Balaban J connectivity index is 1.77. The van der Waals surface area contributed by atoms with E-state index in [0.29, 0.717) is 12.4 Å². The van der Waals surface area contributed by atoms with Crippen LogP contribution in [0.4, 0.5) is 19.0 Å². The van der Waals surface area contributed by atoms with Gasteiger partial charge in [-0.05, 0) is 29.1 Å². The molecule has 0 atom stereocenters. The first kappa shape index (κ1) is 17.0. The fourth-order valence-electron chi connectivity index (χ4n) is 2.41. The molecule has 0 aliphatic carbocycles. The number of benzene rings is 2. The lowest BCUT2D eigenvalue weighted by atomic mass is 10.2. The number of ether oxygens (including phenoxy) is 1. The van der Waals surface area contributed by atoms with Gasteiger partial charge in [-0.1, -0.05) is 36.4 Å². The molecule has 25 heavy (non-hydrogen) atoms. The molecule has 0 unspecified atom stereocenters. The number of alkyl halides is 3. The van der Waals surface area contributed by atoms with Crippen molar-refractivity contribution in [2.75, 3.05) is 12.2 Å². The molecular formula is C18H15F3N2O2. The first-order chi connectivity index (χ1) is 11.9. The van der Waals surface area contributed by atoms with E-state index in [1.807, 2.05) is 30.3 Å². The minimum Gasteiger partial charge on any atom is -0.406 e. The average molecular weight is 348 g/mol. The fourth-order valence-corrected chi connectivity index (χ4v) is 2.41. The second-order valence-electron chi connectivity index (χ2n) is 5.30. The summed E-state index contributed by atoms with van der Waals surface area (Å²) in [7, 11) is 1.51. The first-order valence-electron chi connectivity index (χ1n) is 7.46. The number of halogens is 3. The first-order valence-corrected chi connectivity index (χ1v) is 7.46. The Kier molecular flexibility index (Phi) is 4.76. The molecule has 0 aliphatic heterocycles. The van der Waals surface area contributed by atoms with E-state index in [-0.39, 0.29) is 5.75 Å². The molecule has 1 heterocycles. The van der Waals surface area contributed by atoms with Crippen molar-refractivity contribution in [1.82, 2.24) is 4.98 Å². The normalized spacial score (nSPS) is 11.5. The number of rotatable bonds is 5. The lowest BCUT2D eigenvalue weighted by Crippen LogP contribution is -2.22. The zero-order valence-electron chi connectivity index (χ0n) is 13.3. The van der Waals surface area contributed by atoms with Gasteiger partial charge in [0.1, 0.15) is 5.75 Å². The standard InChI is InChI=1S/C18H15F3N2O2/c1-24-23(17-10-14-4-2-3-5-15(14)11-22-17)12-13-6-8-16(9-7-13)25-18(19,20)21/h2-11H,12H2,1H3. The van der Waals surface area contributed by atoms with Crippen molar-refractivity contribution >= 4 is 16.6 Å². The number of nitrogens with zero attached hydrogens (tertiary/aromatic N) is 2. The molecule has 0 aliphatic rings. The summed E-state index contributed by atoms with van der Waals surface area (Å²) in [6, 6.07) is 15.3. The van der Waals surface area contributed by atoms with Crippen molar-refractivity contribution < 1.29 is 22.7 Å². The molecule has 0 saturated heterocycles. The maximum absolute atomic E-state index is 12.2. The van der Waals surface area contributed by atoms with Crippen LogP contribution in [0.5, 0.6) is 5.75 Å². The fraction of sp³-hybridized carbons (Fsp3) is 0.167. The number of fused-ring (bicyclic) bond motifs is 1. The minimum absolute atomic E-state index is 0.260. The summed E-state index contributed by atoms with van der Waals surface area (Å²) in [4.78, 5) is 9.73. The van der Waals surface area contributed by atoms with Crippen LogP contribution in [0, 0.1) is 0 Å². The quantitative estimate of drug-likeness (QED) is 0.626. The van der Waals surface area contributed by atoms with Gasteiger partial charge in [-0.15, -0.1) is 13.2 Å². The maximum atomic E-state index is 12.2. The molecule has 7 heteroatoms. The summed E-state index contributed by atoms with van der Waals surface area (Å²) >= 11 is 0. The van der Waals surface area contributed by atoms with Gasteiger partial charge >= 0.3 is 6.36 Å². The van der Waals surface area contributed by atoms with E-state index in [1.54, 1.807) is 23.4 Å². The van der Waals surface area contributed by atoms with Crippen molar-refractivity contribution in [3.8, 4) is 5.75 Å². The number of aromatic nitrogens is 1. The van der Waals surface area contributed by atoms with Gasteiger partial charge < -0.3 is 4.74 Å². The topological polar surface area (TPSA) is 34.6 Å². The van der Waals surface area contributed by atoms with Gasteiger partial charge in [0, 0.05) is 11.6 Å². The maximum Gasteiger partial charge on any atom is 0.573 e. The third-order valence-electron chi connectivity index (χ3n) is 3.58. The Morgan fingerprint density at radius 2 is 1.68 bits per heavy atom. The van der Waals surface area contributed by atoms with Crippen LogP contribution in [0.15, 0.2) is 60.8 Å². The van der Waals surface area contributed by atoms with Crippen molar-refractivity contribution in [1.29, 1.82) is 0 Å². The number of hydrogen-bond acceptors (Lipinski definition) is 4. The summed E-state index contributed by atoms with van der Waals surface area (Å²) in [6.45, 7) is 0.328. The van der Waals surface area contributed by atoms with Gasteiger partial charge in [-0.3, -0.25) is 4.84 Å². The number of hydroxylamine groups is 1. The van der Waals surface area contributed by atoms with E-state index in [9.17, 15) is 13.2 Å². The van der Waals surface area contributed by atoms with Gasteiger partial charge in [0.25, 0.3) is 0 Å². The average Bonchev–Trinajstić information content (AvgIpc) is 2.59. The lowest BCUT2D eigenvalue weighted by Gasteiger charge is -2.21. The Hall–Kier alpha value is -2.80. The zero-order valence-corrected chi connectivity index (χ0v) is 13.3. The largest absolute Gasteiger partial charge is 0.573 e. The molecule has 0 spiro atoms. The summed E-state index contributed by atoms with van der Waals surface area (Å²) in [5, 5.41) is 3.59. The molecule has 0 bridgehead atoms. The second-order valence-corrected chi connectivity index (χ2v) is 5.30. The monoisotopic (exact) mass is 348 g/mol. The summed E-state index contributed by atoms with van der Waals surface area (Å²) in [5.74, 6) is 0.348. The Morgan fingerprint density at radius 3 is 2.32 bits per heavy atom. The summed E-state index contributed by atoms with van der Waals surface area (Å²) < 4.78 is 40.5. The predicted molar refractivity (Wildman–Crippen MR) is 88.1 cm³/mol. The highest BCUT2D eigenvalue weighted by atomic mass is 19.4. The van der Waals surface area contributed by atoms with E-state index in [4.69, 9.17) is 4.84 Å². The number of anilines is 1. The number of pyridine rings is 1. The highest BCUT2D eigenvalue weighted by molar-refractivity contribution is 5.83. The molecule has 0 fully saturated rings. The van der Waals surface area contributed by atoms with E-state index in [2.05, 4.69) is 9.72 Å². The van der Waals surface area contributed by atoms with Gasteiger partial charge in [0.15, 0.2) is 5.82 Å². The summed E-state index contributed by atoms with van der Waals surface area (Å²) in [6.07, 6.45) is -2.95. The van der Waals surface area contributed by atoms with E-state index >= 15 is 0 Å². The molecule has 3 rings (SSSR count). The molecule has 2 aromatic carbocycles. The predicted octanol–water partition coefficient (Wildman–Crippen LogP) is 4.70. The highest BCUT2D eigenvalue weighted by Gasteiger charge is 2.30. The van der Waals surface area contributed by atoms with Crippen molar-refractivity contribution in [3.63, 3.8) is 0 Å². The van der Waals surface area contributed by atoms with E-state index in [0.717, 1.165) is 16.3 Å². The van der Waals surface area contributed by atoms with Crippen LogP contribution < -0.4 is 9.80 Å². The van der Waals surface area contributed by atoms with Crippen LogP contribution in [0.2, 0.25) is 0 Å². The molecule has 0 amide bonds. The Labute approximate surface area is 142 Å². The van der Waals surface area contributed by atoms with E-state index < -0.39 is 6.36 Å². The van der Waals surface area contributed by atoms with Crippen molar-refractivity contribution in [2.24, 2.45) is 0 Å². The van der Waals surface area contributed by atoms with Crippen LogP contribution in [-0.4, -0.2) is 18.5 Å². The Morgan fingerprint density at radius 1 is 1.00 bits per heavy atom. The molecular weight excluding hydrogens is 333 g/mol. The minimum atomic E-state index is -4.70. The highest BCUT2D eigenvalue weighted by Crippen LogP contribution is 2.24. The second kappa shape index (κ2) is 6.98. The molecule has 0 saturated carbocycles. The smallest absolute Gasteiger partial charge is 0.406 e. The SMILES string of the molecule is CON(Cc1ccc(OC(F)(F)F)cc1)c1cc2ccccc2cn1. The summed E-state index contributed by atoms with van der Waals surface area (Å²) in [5.41, 5.74) is 0.756. The van der Waals surface area contributed by atoms with E-state index in [1.165, 1.54) is 19.2 Å². The number of hydrogen-bond donors (Lipinski definition) is 0. The van der Waals surface area contributed by atoms with Gasteiger partial charge in [0.2, 0.25) is 0 Å². The molecule has 3 aromatic rings. The zero-order chi connectivity index (χ0) is 17.9. The van der Waals surface area contributed by atoms with Gasteiger partial charge in [-0.2, -0.15) is 0 Å². The van der Waals surface area contributed by atoms with Crippen LogP contribution in [0.3, 0.4) is 0 Å². The van der Waals surface area contributed by atoms with Gasteiger partial charge in [-0.25, -0.2) is 10.0 Å². The van der Waals surface area contributed by atoms with Crippen LogP contribution in [0.25, 0.3) is 10.8 Å². The molecule has 4 nitrogen and oxygen atoms in total. The molecule has 1 aromatic heterocycles. The van der Waals surface area contributed by atoms with Crippen LogP contribution >= 0.6 is 0 Å². The Bertz CT molecular complexity index is 851. The van der Waals surface area contributed by atoms with Crippen molar-refractivity contribution in [2.45, 2.75) is 12.9 Å². The molecule has 0 N–H and O–H groups in total. The van der Waals surface area contributed by atoms with Crippen LogP contribution in [-0.2, 0) is 11.4 Å². The van der Waals surface area contributed by atoms with Crippen molar-refractivity contribution in [3.05, 3.63) is 66.4 Å². The third kappa shape index (κ3) is 4.39. The molecule has 130 valence electrons. The lowest BCUT2D eigenvalue weighted by molar-refractivity contribution is -0.274. The van der Waals surface area contributed by atoms with Crippen LogP contribution in [0.1, 0.15) is 5.56 Å². The third-order valence-corrected chi connectivity index (χ3v) is 3.58. The molecule has 0 radical (unpaired) electrons.